The SMILES string of the molecule is CC(C)(CC(=O)O)c1cc(F)cc(F)c1O. The molecule has 0 amide bonds. The molecule has 0 saturated carbocycles. The van der Waals surface area contributed by atoms with Crippen LogP contribution in [0, 0.1) is 11.6 Å². The largest absolute Gasteiger partial charge is 0.505 e. The van der Waals surface area contributed by atoms with Crippen molar-refractivity contribution in [3.63, 3.8) is 0 Å². The number of benzene rings is 1. The van der Waals surface area contributed by atoms with Crippen LogP contribution in [0.4, 0.5) is 8.78 Å². The second-order valence-electron chi connectivity index (χ2n) is 4.24. The summed E-state index contributed by atoms with van der Waals surface area (Å²) in [5, 5.41) is 18.1. The number of phenols is 1. The molecule has 0 atom stereocenters. The van der Waals surface area contributed by atoms with Crippen LogP contribution in [-0.4, -0.2) is 16.2 Å². The van der Waals surface area contributed by atoms with Crippen molar-refractivity contribution in [2.75, 3.05) is 0 Å². The molecule has 5 heteroatoms. The molecule has 16 heavy (non-hydrogen) atoms. The van der Waals surface area contributed by atoms with Gasteiger partial charge < -0.3 is 10.2 Å². The van der Waals surface area contributed by atoms with Crippen molar-refractivity contribution in [3.8, 4) is 5.75 Å². The molecule has 0 aliphatic rings. The molecular weight excluding hydrogens is 218 g/mol. The second kappa shape index (κ2) is 4.08. The maximum Gasteiger partial charge on any atom is 0.304 e. The zero-order valence-electron chi connectivity index (χ0n) is 8.92. The number of phenolic OH excluding ortho intramolecular Hbond substituents is 1. The van der Waals surface area contributed by atoms with Gasteiger partial charge >= 0.3 is 5.97 Å². The maximum atomic E-state index is 13.1. The highest BCUT2D eigenvalue weighted by Gasteiger charge is 2.29. The number of rotatable bonds is 3. The van der Waals surface area contributed by atoms with Crippen molar-refractivity contribution in [2.24, 2.45) is 0 Å². The third-order valence-corrected chi connectivity index (χ3v) is 2.35. The van der Waals surface area contributed by atoms with E-state index in [1.165, 1.54) is 13.8 Å². The Morgan fingerprint density at radius 1 is 1.38 bits per heavy atom. The Balaban J connectivity index is 3.26. The zero-order valence-corrected chi connectivity index (χ0v) is 8.92. The lowest BCUT2D eigenvalue weighted by molar-refractivity contribution is -0.138. The summed E-state index contributed by atoms with van der Waals surface area (Å²) in [6, 6.07) is 1.50. The fourth-order valence-electron chi connectivity index (χ4n) is 1.56. The molecular formula is C11H12F2O3. The van der Waals surface area contributed by atoms with Gasteiger partial charge in [-0.25, -0.2) is 8.78 Å². The molecule has 88 valence electrons. The normalized spacial score (nSPS) is 11.5. The Hall–Kier alpha value is -1.65. The van der Waals surface area contributed by atoms with E-state index in [0.717, 1.165) is 6.07 Å². The molecule has 1 aromatic carbocycles. The van der Waals surface area contributed by atoms with E-state index in [1.54, 1.807) is 0 Å². The number of halogens is 2. The van der Waals surface area contributed by atoms with E-state index in [4.69, 9.17) is 5.11 Å². The first-order chi connectivity index (χ1) is 7.24. The molecule has 3 nitrogen and oxygen atoms in total. The average Bonchev–Trinajstić information content (AvgIpc) is 2.08. The Morgan fingerprint density at radius 2 is 1.94 bits per heavy atom. The van der Waals surface area contributed by atoms with E-state index in [1.807, 2.05) is 0 Å². The van der Waals surface area contributed by atoms with Crippen LogP contribution in [-0.2, 0) is 10.2 Å². The number of hydrogen-bond donors (Lipinski definition) is 2. The minimum absolute atomic E-state index is 0.0487. The van der Waals surface area contributed by atoms with Crippen molar-refractivity contribution < 1.29 is 23.8 Å². The van der Waals surface area contributed by atoms with E-state index >= 15 is 0 Å². The first kappa shape index (κ1) is 12.4. The van der Waals surface area contributed by atoms with E-state index in [0.29, 0.717) is 6.07 Å². The summed E-state index contributed by atoms with van der Waals surface area (Å²) >= 11 is 0. The number of carbonyl (C=O) groups is 1. The van der Waals surface area contributed by atoms with Crippen LogP contribution in [0.25, 0.3) is 0 Å². The van der Waals surface area contributed by atoms with Crippen LogP contribution >= 0.6 is 0 Å². The molecule has 0 fully saturated rings. The summed E-state index contributed by atoms with van der Waals surface area (Å²) in [5.74, 6) is -3.74. The molecule has 1 aromatic rings. The third kappa shape index (κ3) is 2.48. The fourth-order valence-corrected chi connectivity index (χ4v) is 1.56. The maximum absolute atomic E-state index is 13.1. The van der Waals surface area contributed by atoms with Gasteiger partial charge in [0, 0.05) is 17.0 Å². The molecule has 0 aliphatic heterocycles. The van der Waals surface area contributed by atoms with Gasteiger partial charge in [0.1, 0.15) is 5.82 Å². The summed E-state index contributed by atoms with van der Waals surface area (Å²) < 4.78 is 26.0. The summed E-state index contributed by atoms with van der Waals surface area (Å²) in [6.45, 7) is 2.99. The fraction of sp³-hybridized carbons (Fsp3) is 0.364. The van der Waals surface area contributed by atoms with Gasteiger partial charge in [0.05, 0.1) is 6.42 Å². The molecule has 0 spiro atoms. The second-order valence-corrected chi connectivity index (χ2v) is 4.24. The van der Waals surface area contributed by atoms with Gasteiger partial charge in [0.15, 0.2) is 11.6 Å². The lowest BCUT2D eigenvalue weighted by Crippen LogP contribution is -2.22. The van der Waals surface area contributed by atoms with Gasteiger partial charge in [0.2, 0.25) is 0 Å². The number of aliphatic carboxylic acids is 1. The standard InChI is InChI=1S/C11H12F2O3/c1-11(2,5-9(14)15)7-3-6(12)4-8(13)10(7)16/h3-4,16H,5H2,1-2H3,(H,14,15). The number of hydrogen-bond acceptors (Lipinski definition) is 2. The summed E-state index contributed by atoms with van der Waals surface area (Å²) in [5.41, 5.74) is -1.09. The van der Waals surface area contributed by atoms with Crippen molar-refractivity contribution >= 4 is 5.97 Å². The predicted octanol–water partition coefficient (Wildman–Crippen LogP) is 2.42. The smallest absolute Gasteiger partial charge is 0.304 e. The molecule has 0 heterocycles. The van der Waals surface area contributed by atoms with Gasteiger partial charge in [0.25, 0.3) is 0 Å². The molecule has 2 N–H and O–H groups in total. The van der Waals surface area contributed by atoms with Crippen LogP contribution in [0.15, 0.2) is 12.1 Å². The first-order valence-corrected chi connectivity index (χ1v) is 4.64. The van der Waals surface area contributed by atoms with Crippen LogP contribution in [0.1, 0.15) is 25.8 Å². The van der Waals surface area contributed by atoms with Gasteiger partial charge in [-0.15, -0.1) is 0 Å². The van der Waals surface area contributed by atoms with Gasteiger partial charge in [-0.2, -0.15) is 0 Å². The highest BCUT2D eigenvalue weighted by molar-refractivity contribution is 5.69. The number of carboxylic acids is 1. The van der Waals surface area contributed by atoms with Gasteiger partial charge in [-0.1, -0.05) is 13.8 Å². The highest BCUT2D eigenvalue weighted by Crippen LogP contribution is 2.35. The Kier molecular flexibility index (Phi) is 3.16. The molecule has 0 aliphatic carbocycles. The van der Waals surface area contributed by atoms with E-state index < -0.39 is 28.8 Å². The minimum Gasteiger partial charge on any atom is -0.505 e. The quantitative estimate of drug-likeness (QED) is 0.838. The van der Waals surface area contributed by atoms with E-state index in [9.17, 15) is 18.7 Å². The van der Waals surface area contributed by atoms with Gasteiger partial charge in [-0.3, -0.25) is 4.79 Å². The topological polar surface area (TPSA) is 57.5 Å². The average molecular weight is 230 g/mol. The molecule has 0 saturated heterocycles. The number of aromatic hydroxyl groups is 1. The van der Waals surface area contributed by atoms with E-state index in [2.05, 4.69) is 0 Å². The van der Waals surface area contributed by atoms with Crippen molar-refractivity contribution in [2.45, 2.75) is 25.7 Å². The van der Waals surface area contributed by atoms with Gasteiger partial charge in [-0.05, 0) is 6.07 Å². The highest BCUT2D eigenvalue weighted by atomic mass is 19.1. The summed E-state index contributed by atoms with van der Waals surface area (Å²) in [7, 11) is 0. The molecule has 0 bridgehead atoms. The molecule has 0 unspecified atom stereocenters. The van der Waals surface area contributed by atoms with Crippen molar-refractivity contribution in [3.05, 3.63) is 29.3 Å². The molecule has 0 radical (unpaired) electrons. The molecule has 0 aromatic heterocycles. The minimum atomic E-state index is -1.10. The van der Waals surface area contributed by atoms with Crippen LogP contribution in [0.5, 0.6) is 5.75 Å². The summed E-state index contributed by atoms with van der Waals surface area (Å²) in [6.07, 6.45) is -0.330. The zero-order chi connectivity index (χ0) is 12.5. The van der Waals surface area contributed by atoms with Crippen molar-refractivity contribution in [1.29, 1.82) is 0 Å². The summed E-state index contributed by atoms with van der Waals surface area (Å²) in [4.78, 5) is 10.6. The van der Waals surface area contributed by atoms with Crippen LogP contribution in [0.3, 0.4) is 0 Å². The van der Waals surface area contributed by atoms with Crippen LogP contribution < -0.4 is 0 Å². The Morgan fingerprint density at radius 3 is 2.44 bits per heavy atom. The predicted molar refractivity (Wildman–Crippen MR) is 53.3 cm³/mol. The van der Waals surface area contributed by atoms with E-state index in [-0.39, 0.29) is 12.0 Å². The first-order valence-electron chi connectivity index (χ1n) is 4.64. The lowest BCUT2D eigenvalue weighted by Gasteiger charge is -2.24. The Bertz CT molecular complexity index is 427. The monoisotopic (exact) mass is 230 g/mol. The van der Waals surface area contributed by atoms with Crippen LogP contribution in [0.2, 0.25) is 0 Å². The third-order valence-electron chi connectivity index (χ3n) is 2.35. The van der Waals surface area contributed by atoms with Crippen molar-refractivity contribution in [1.82, 2.24) is 0 Å². The Labute approximate surface area is 91.3 Å². The number of carboxylic acid groups (broad SMARTS) is 1. The molecule has 1 rings (SSSR count). The lowest BCUT2D eigenvalue weighted by atomic mass is 9.81.